The van der Waals surface area contributed by atoms with Crippen molar-refractivity contribution in [2.45, 2.75) is 36.7 Å². The third kappa shape index (κ3) is 3.38. The van der Waals surface area contributed by atoms with Crippen LogP contribution in [0, 0.1) is 0 Å². The molecule has 0 spiro atoms. The molecule has 0 bridgehead atoms. The molecule has 0 saturated heterocycles. The van der Waals surface area contributed by atoms with E-state index < -0.39 is 10.0 Å². The zero-order valence-corrected chi connectivity index (χ0v) is 12.1. The number of primary sulfonamides is 1. The number of methoxy groups -OCH3 is 1. The van der Waals surface area contributed by atoms with Crippen molar-refractivity contribution in [2.75, 3.05) is 13.7 Å². The van der Waals surface area contributed by atoms with Gasteiger partial charge in [0.15, 0.2) is 0 Å². The molecule has 7 nitrogen and oxygen atoms in total. The van der Waals surface area contributed by atoms with E-state index in [0.29, 0.717) is 13.2 Å². The summed E-state index contributed by atoms with van der Waals surface area (Å²) in [7, 11) is -2.28. The Morgan fingerprint density at radius 1 is 1.55 bits per heavy atom. The van der Waals surface area contributed by atoms with Crippen molar-refractivity contribution in [3.05, 3.63) is 18.0 Å². The van der Waals surface area contributed by atoms with Gasteiger partial charge < -0.3 is 14.6 Å². The molecule has 0 aliphatic heterocycles. The molecule has 0 atom stereocenters. The van der Waals surface area contributed by atoms with Gasteiger partial charge in [0.1, 0.15) is 10.6 Å². The van der Waals surface area contributed by atoms with Crippen LogP contribution >= 0.6 is 0 Å². The van der Waals surface area contributed by atoms with Crippen molar-refractivity contribution in [2.24, 2.45) is 5.14 Å². The van der Waals surface area contributed by atoms with E-state index in [0.717, 1.165) is 19.3 Å². The minimum absolute atomic E-state index is 0.0626. The van der Waals surface area contributed by atoms with Gasteiger partial charge in [0, 0.05) is 25.9 Å². The quantitative estimate of drug-likeness (QED) is 0.775. The van der Waals surface area contributed by atoms with Crippen molar-refractivity contribution in [1.29, 1.82) is 0 Å². The van der Waals surface area contributed by atoms with E-state index in [1.54, 1.807) is 4.57 Å². The van der Waals surface area contributed by atoms with E-state index in [-0.39, 0.29) is 22.5 Å². The highest BCUT2D eigenvalue weighted by Crippen LogP contribution is 2.19. The number of sulfonamides is 1. The fourth-order valence-electron chi connectivity index (χ4n) is 2.02. The maximum absolute atomic E-state index is 12.2. The Bertz CT molecular complexity index is 590. The van der Waals surface area contributed by atoms with Crippen molar-refractivity contribution in [3.63, 3.8) is 0 Å². The van der Waals surface area contributed by atoms with E-state index in [1.165, 1.54) is 19.4 Å². The summed E-state index contributed by atoms with van der Waals surface area (Å²) in [5, 5.41) is 7.98. The zero-order chi connectivity index (χ0) is 14.8. The number of hydrogen-bond acceptors (Lipinski definition) is 4. The molecule has 1 aromatic rings. The smallest absolute Gasteiger partial charge is 0.268 e. The Hall–Kier alpha value is -1.38. The van der Waals surface area contributed by atoms with Gasteiger partial charge in [-0.2, -0.15) is 0 Å². The number of hydrogen-bond donors (Lipinski definition) is 2. The van der Waals surface area contributed by atoms with Gasteiger partial charge >= 0.3 is 0 Å². The summed E-state index contributed by atoms with van der Waals surface area (Å²) in [6, 6.07) is 1.49. The summed E-state index contributed by atoms with van der Waals surface area (Å²) in [5.74, 6) is -0.277. The second-order valence-electron chi connectivity index (χ2n) is 4.89. The minimum Gasteiger partial charge on any atom is -0.383 e. The summed E-state index contributed by atoms with van der Waals surface area (Å²) in [4.78, 5) is 12.1. The number of nitrogens with zero attached hydrogens (tertiary/aromatic N) is 1. The predicted octanol–water partition coefficient (Wildman–Crippen LogP) is 0.0642. The lowest BCUT2D eigenvalue weighted by atomic mass is 9.93. The first-order chi connectivity index (χ1) is 9.41. The number of rotatable bonds is 6. The molecule has 0 unspecified atom stereocenters. The Morgan fingerprint density at radius 2 is 2.25 bits per heavy atom. The summed E-state index contributed by atoms with van der Waals surface area (Å²) >= 11 is 0. The number of aromatic nitrogens is 1. The maximum Gasteiger partial charge on any atom is 0.268 e. The molecule has 2 rings (SSSR count). The molecule has 8 heteroatoms. The summed E-state index contributed by atoms with van der Waals surface area (Å²) in [5.41, 5.74) is 0.290. The molecule has 112 valence electrons. The van der Waals surface area contributed by atoms with E-state index >= 15 is 0 Å². The third-order valence-corrected chi connectivity index (χ3v) is 4.29. The SMILES string of the molecule is COCCn1cc(S(N)(=O)=O)cc1C(=O)NC1CCC1. The van der Waals surface area contributed by atoms with Crippen LogP contribution in [0.4, 0.5) is 0 Å². The number of amides is 1. The molecule has 3 N–H and O–H groups in total. The van der Waals surface area contributed by atoms with Crippen LogP contribution in [0.3, 0.4) is 0 Å². The largest absolute Gasteiger partial charge is 0.383 e. The first-order valence-electron chi connectivity index (χ1n) is 6.44. The second-order valence-corrected chi connectivity index (χ2v) is 6.45. The highest BCUT2D eigenvalue weighted by molar-refractivity contribution is 7.89. The van der Waals surface area contributed by atoms with Gasteiger partial charge in [-0.15, -0.1) is 0 Å². The first kappa shape index (κ1) is 15.0. The van der Waals surface area contributed by atoms with Gasteiger partial charge in [0.25, 0.3) is 5.91 Å². The lowest BCUT2D eigenvalue weighted by molar-refractivity contribution is 0.0904. The molecular formula is C12H19N3O4S. The molecule has 1 amide bonds. The molecule has 1 saturated carbocycles. The molecule has 1 heterocycles. The standard InChI is InChI=1S/C12H19N3O4S/c1-19-6-5-15-8-10(20(13,17)18)7-11(15)12(16)14-9-3-2-4-9/h7-9H,2-6H2,1H3,(H,14,16)(H2,13,17,18). The van der Waals surface area contributed by atoms with E-state index in [1.807, 2.05) is 0 Å². The molecule has 1 aromatic heterocycles. The maximum atomic E-state index is 12.2. The minimum atomic E-state index is -3.82. The van der Waals surface area contributed by atoms with Gasteiger partial charge in [-0.05, 0) is 25.3 Å². The summed E-state index contributed by atoms with van der Waals surface area (Å²) in [6.07, 6.45) is 4.40. The van der Waals surface area contributed by atoms with Crippen LogP contribution in [-0.4, -0.2) is 38.7 Å². The van der Waals surface area contributed by atoms with Crippen LogP contribution in [0.2, 0.25) is 0 Å². The molecule has 1 aliphatic carbocycles. The van der Waals surface area contributed by atoms with Crippen LogP contribution in [-0.2, 0) is 21.3 Å². The Labute approximate surface area is 118 Å². The Morgan fingerprint density at radius 3 is 2.75 bits per heavy atom. The van der Waals surface area contributed by atoms with E-state index in [2.05, 4.69) is 5.32 Å². The van der Waals surface area contributed by atoms with Crippen LogP contribution in [0.1, 0.15) is 29.8 Å². The number of ether oxygens (including phenoxy) is 1. The third-order valence-electron chi connectivity index (χ3n) is 3.41. The second kappa shape index (κ2) is 5.94. The van der Waals surface area contributed by atoms with Gasteiger partial charge in [0.2, 0.25) is 10.0 Å². The highest BCUT2D eigenvalue weighted by Gasteiger charge is 2.23. The molecule has 0 radical (unpaired) electrons. The topological polar surface area (TPSA) is 103 Å². The highest BCUT2D eigenvalue weighted by atomic mass is 32.2. The van der Waals surface area contributed by atoms with Crippen LogP contribution in [0.15, 0.2) is 17.2 Å². The lowest BCUT2D eigenvalue weighted by Gasteiger charge is -2.26. The van der Waals surface area contributed by atoms with Crippen LogP contribution < -0.4 is 10.5 Å². The first-order valence-corrected chi connectivity index (χ1v) is 7.99. The predicted molar refractivity (Wildman–Crippen MR) is 72.8 cm³/mol. The molecule has 1 aliphatic rings. The molecule has 0 aromatic carbocycles. The molecule has 20 heavy (non-hydrogen) atoms. The summed E-state index contributed by atoms with van der Waals surface area (Å²) < 4.78 is 29.3. The fourth-order valence-corrected chi connectivity index (χ4v) is 2.57. The van der Waals surface area contributed by atoms with Gasteiger partial charge in [-0.1, -0.05) is 0 Å². The number of carbonyl (C=O) groups is 1. The number of nitrogens with one attached hydrogen (secondary N) is 1. The van der Waals surface area contributed by atoms with Crippen molar-refractivity contribution in [1.82, 2.24) is 9.88 Å². The average molecular weight is 301 g/mol. The average Bonchev–Trinajstić information content (AvgIpc) is 2.75. The molecule has 1 fully saturated rings. The van der Waals surface area contributed by atoms with E-state index in [4.69, 9.17) is 9.88 Å². The van der Waals surface area contributed by atoms with Gasteiger partial charge in [-0.25, -0.2) is 13.6 Å². The van der Waals surface area contributed by atoms with Crippen molar-refractivity contribution in [3.8, 4) is 0 Å². The van der Waals surface area contributed by atoms with Crippen LogP contribution in [0.25, 0.3) is 0 Å². The monoisotopic (exact) mass is 301 g/mol. The number of nitrogens with two attached hydrogens (primary N) is 1. The Balaban J connectivity index is 2.23. The van der Waals surface area contributed by atoms with Gasteiger partial charge in [-0.3, -0.25) is 4.79 Å². The fraction of sp³-hybridized carbons (Fsp3) is 0.583. The number of carbonyl (C=O) groups excluding carboxylic acids is 1. The lowest BCUT2D eigenvalue weighted by Crippen LogP contribution is -2.40. The van der Waals surface area contributed by atoms with Crippen molar-refractivity contribution < 1.29 is 17.9 Å². The normalized spacial score (nSPS) is 15.9. The summed E-state index contributed by atoms with van der Waals surface area (Å²) in [6.45, 7) is 0.766. The van der Waals surface area contributed by atoms with E-state index in [9.17, 15) is 13.2 Å². The van der Waals surface area contributed by atoms with Crippen LogP contribution in [0.5, 0.6) is 0 Å². The van der Waals surface area contributed by atoms with Crippen molar-refractivity contribution >= 4 is 15.9 Å². The zero-order valence-electron chi connectivity index (χ0n) is 11.3. The van der Waals surface area contributed by atoms with Gasteiger partial charge in [0.05, 0.1) is 6.61 Å². The Kier molecular flexibility index (Phi) is 4.46. The molecular weight excluding hydrogens is 282 g/mol.